The second-order valence-corrected chi connectivity index (χ2v) is 6.29. The number of aryl methyl sites for hydroxylation is 2. The van der Waals surface area contributed by atoms with Gasteiger partial charge in [-0.25, -0.2) is 14.8 Å². The minimum absolute atomic E-state index is 0.309. The number of thiophene rings is 1. The molecule has 0 aliphatic carbocycles. The van der Waals surface area contributed by atoms with Crippen LogP contribution in [0.3, 0.4) is 0 Å². The van der Waals surface area contributed by atoms with Crippen LogP contribution in [0.2, 0.25) is 0 Å². The van der Waals surface area contributed by atoms with Gasteiger partial charge in [-0.3, -0.25) is 0 Å². The molecule has 0 saturated carbocycles. The first-order chi connectivity index (χ1) is 11.6. The average molecular weight is 342 g/mol. The van der Waals surface area contributed by atoms with E-state index in [1.165, 1.54) is 11.3 Å². The summed E-state index contributed by atoms with van der Waals surface area (Å²) in [4.78, 5) is 22.8. The second-order valence-electron chi connectivity index (χ2n) is 5.29. The Hall–Kier alpha value is -2.47. The Bertz CT molecular complexity index is 918. The van der Waals surface area contributed by atoms with Gasteiger partial charge in [0, 0.05) is 5.39 Å². The van der Waals surface area contributed by atoms with Gasteiger partial charge in [-0.1, -0.05) is 12.1 Å². The summed E-state index contributed by atoms with van der Waals surface area (Å²) in [6.07, 6.45) is 0. The fourth-order valence-corrected chi connectivity index (χ4v) is 3.81. The van der Waals surface area contributed by atoms with E-state index in [4.69, 9.17) is 9.47 Å². The number of fused-ring (bicyclic) bond motifs is 1. The van der Waals surface area contributed by atoms with Gasteiger partial charge in [-0.05, 0) is 38.5 Å². The molecule has 0 radical (unpaired) electrons. The lowest BCUT2D eigenvalue weighted by molar-refractivity contribution is 0.0531. The first-order valence-corrected chi connectivity index (χ1v) is 8.46. The van der Waals surface area contributed by atoms with E-state index in [0.29, 0.717) is 17.3 Å². The van der Waals surface area contributed by atoms with Crippen LogP contribution in [0.1, 0.15) is 27.9 Å². The van der Waals surface area contributed by atoms with E-state index in [2.05, 4.69) is 9.97 Å². The van der Waals surface area contributed by atoms with Gasteiger partial charge in [0.2, 0.25) is 0 Å². The van der Waals surface area contributed by atoms with E-state index in [1.54, 1.807) is 14.0 Å². The summed E-state index contributed by atoms with van der Waals surface area (Å²) >= 11 is 1.34. The molecule has 0 spiro atoms. The SMILES string of the molecule is CCOC(=O)c1sc2nc(-c3ccccc3OC)nc(C)c2c1C. The lowest BCUT2D eigenvalue weighted by Gasteiger charge is -2.08. The number of hydrogen-bond donors (Lipinski definition) is 0. The van der Waals surface area contributed by atoms with Crippen molar-refractivity contribution in [3.8, 4) is 17.1 Å². The molecule has 0 fully saturated rings. The Morgan fingerprint density at radius 1 is 1.21 bits per heavy atom. The van der Waals surface area contributed by atoms with Gasteiger partial charge in [0.25, 0.3) is 0 Å². The van der Waals surface area contributed by atoms with E-state index < -0.39 is 0 Å². The van der Waals surface area contributed by atoms with Gasteiger partial charge in [0.15, 0.2) is 5.82 Å². The molecule has 0 saturated heterocycles. The van der Waals surface area contributed by atoms with E-state index in [0.717, 1.165) is 32.8 Å². The molecule has 0 amide bonds. The molecule has 0 atom stereocenters. The number of carbonyl (C=O) groups excluding carboxylic acids is 1. The highest BCUT2D eigenvalue weighted by atomic mass is 32.1. The van der Waals surface area contributed by atoms with Crippen LogP contribution in [0.15, 0.2) is 24.3 Å². The van der Waals surface area contributed by atoms with Crippen LogP contribution < -0.4 is 4.74 Å². The molecule has 2 aromatic heterocycles. The summed E-state index contributed by atoms with van der Waals surface area (Å²) in [5.74, 6) is 1.00. The van der Waals surface area contributed by atoms with Crippen LogP contribution >= 0.6 is 11.3 Å². The Labute approximate surface area is 144 Å². The van der Waals surface area contributed by atoms with Gasteiger partial charge in [0.05, 0.1) is 25.0 Å². The van der Waals surface area contributed by atoms with Gasteiger partial charge in [-0.2, -0.15) is 0 Å². The number of esters is 1. The maximum absolute atomic E-state index is 12.1. The monoisotopic (exact) mass is 342 g/mol. The van der Waals surface area contributed by atoms with Crippen LogP contribution in [-0.4, -0.2) is 29.7 Å². The molecule has 1 aromatic carbocycles. The fourth-order valence-electron chi connectivity index (χ4n) is 2.68. The molecule has 3 rings (SSSR count). The van der Waals surface area contributed by atoms with Crippen molar-refractivity contribution in [3.05, 3.63) is 40.4 Å². The molecule has 3 aromatic rings. The number of ether oxygens (including phenoxy) is 2. The number of carbonyl (C=O) groups is 1. The van der Waals surface area contributed by atoms with E-state index in [9.17, 15) is 4.79 Å². The number of aromatic nitrogens is 2. The van der Waals surface area contributed by atoms with Crippen LogP contribution in [0.4, 0.5) is 0 Å². The highest BCUT2D eigenvalue weighted by Gasteiger charge is 2.21. The molecule has 0 aliphatic rings. The molecule has 6 heteroatoms. The normalized spacial score (nSPS) is 10.8. The minimum Gasteiger partial charge on any atom is -0.496 e. The third-order valence-electron chi connectivity index (χ3n) is 3.78. The van der Waals surface area contributed by atoms with Crippen LogP contribution in [0, 0.1) is 13.8 Å². The molecule has 0 aliphatic heterocycles. The molecule has 124 valence electrons. The molecule has 24 heavy (non-hydrogen) atoms. The number of rotatable bonds is 4. The lowest BCUT2D eigenvalue weighted by atomic mass is 10.1. The zero-order valence-corrected chi connectivity index (χ0v) is 14.9. The molecular weight excluding hydrogens is 324 g/mol. The van der Waals surface area contributed by atoms with Crippen molar-refractivity contribution in [2.75, 3.05) is 13.7 Å². The number of benzene rings is 1. The van der Waals surface area contributed by atoms with Crippen molar-refractivity contribution in [2.24, 2.45) is 0 Å². The first-order valence-electron chi connectivity index (χ1n) is 7.65. The fraction of sp³-hybridized carbons (Fsp3) is 0.278. The highest BCUT2D eigenvalue weighted by Crippen LogP contribution is 2.35. The summed E-state index contributed by atoms with van der Waals surface area (Å²) in [6.45, 7) is 5.98. The molecule has 0 unspecified atom stereocenters. The first kappa shape index (κ1) is 16.4. The van der Waals surface area contributed by atoms with Crippen molar-refractivity contribution >= 4 is 27.5 Å². The predicted molar refractivity (Wildman–Crippen MR) is 94.8 cm³/mol. The van der Waals surface area contributed by atoms with E-state index >= 15 is 0 Å². The third-order valence-corrected chi connectivity index (χ3v) is 4.95. The Morgan fingerprint density at radius 3 is 2.67 bits per heavy atom. The summed E-state index contributed by atoms with van der Waals surface area (Å²) in [5, 5.41) is 0.918. The molecule has 2 heterocycles. The zero-order chi connectivity index (χ0) is 17.3. The zero-order valence-electron chi connectivity index (χ0n) is 14.0. The average Bonchev–Trinajstić information content (AvgIpc) is 2.92. The van der Waals surface area contributed by atoms with Crippen molar-refractivity contribution in [3.63, 3.8) is 0 Å². The van der Waals surface area contributed by atoms with Gasteiger partial charge >= 0.3 is 5.97 Å². The number of nitrogens with zero attached hydrogens (tertiary/aromatic N) is 2. The standard InChI is InChI=1S/C18H18N2O3S/c1-5-23-18(21)15-10(2)14-11(3)19-16(20-17(14)24-15)12-8-6-7-9-13(12)22-4/h6-9H,5H2,1-4H3. The number of para-hydroxylation sites is 1. The van der Waals surface area contributed by atoms with Gasteiger partial charge < -0.3 is 9.47 Å². The van der Waals surface area contributed by atoms with Crippen molar-refractivity contribution < 1.29 is 14.3 Å². The number of hydrogen-bond acceptors (Lipinski definition) is 6. The number of methoxy groups -OCH3 is 1. The summed E-state index contributed by atoms with van der Waals surface area (Å²) in [7, 11) is 1.62. The third kappa shape index (κ3) is 2.73. The van der Waals surface area contributed by atoms with Gasteiger partial charge in [0.1, 0.15) is 15.5 Å². The van der Waals surface area contributed by atoms with Crippen molar-refractivity contribution in [1.82, 2.24) is 9.97 Å². The molecular formula is C18H18N2O3S. The minimum atomic E-state index is -0.309. The molecule has 0 bridgehead atoms. The Balaban J connectivity index is 2.19. The van der Waals surface area contributed by atoms with Crippen LogP contribution in [0.25, 0.3) is 21.6 Å². The van der Waals surface area contributed by atoms with Crippen LogP contribution in [0.5, 0.6) is 5.75 Å². The summed E-state index contributed by atoms with van der Waals surface area (Å²) < 4.78 is 10.5. The van der Waals surface area contributed by atoms with Gasteiger partial charge in [-0.15, -0.1) is 11.3 Å². The quantitative estimate of drug-likeness (QED) is 0.666. The topological polar surface area (TPSA) is 61.3 Å². The van der Waals surface area contributed by atoms with E-state index in [-0.39, 0.29) is 5.97 Å². The highest BCUT2D eigenvalue weighted by molar-refractivity contribution is 7.20. The molecule has 0 N–H and O–H groups in total. The maximum atomic E-state index is 12.1. The predicted octanol–water partition coefficient (Wildman–Crippen LogP) is 4.16. The van der Waals surface area contributed by atoms with Crippen molar-refractivity contribution in [1.29, 1.82) is 0 Å². The van der Waals surface area contributed by atoms with Crippen LogP contribution in [-0.2, 0) is 4.74 Å². The smallest absolute Gasteiger partial charge is 0.348 e. The second kappa shape index (κ2) is 6.57. The largest absolute Gasteiger partial charge is 0.496 e. The Kier molecular flexibility index (Phi) is 4.49. The maximum Gasteiger partial charge on any atom is 0.348 e. The summed E-state index contributed by atoms with van der Waals surface area (Å²) in [5.41, 5.74) is 2.54. The summed E-state index contributed by atoms with van der Waals surface area (Å²) in [6, 6.07) is 7.63. The van der Waals surface area contributed by atoms with Crippen molar-refractivity contribution in [2.45, 2.75) is 20.8 Å². The lowest BCUT2D eigenvalue weighted by Crippen LogP contribution is -2.03. The Morgan fingerprint density at radius 2 is 1.96 bits per heavy atom. The van der Waals surface area contributed by atoms with E-state index in [1.807, 2.05) is 38.1 Å². The molecule has 5 nitrogen and oxygen atoms in total.